The Morgan fingerprint density at radius 3 is 2.62 bits per heavy atom. The van der Waals surface area contributed by atoms with E-state index in [2.05, 4.69) is 4.98 Å². The Balaban J connectivity index is 1.85. The number of carbonyl (C=O) groups excluding carboxylic acids is 2. The summed E-state index contributed by atoms with van der Waals surface area (Å²) in [4.78, 5) is 41.1. The van der Waals surface area contributed by atoms with Crippen molar-refractivity contribution in [2.24, 2.45) is 0 Å². The average molecular weight is 363 g/mol. The van der Waals surface area contributed by atoms with Gasteiger partial charge in [0.1, 0.15) is 5.03 Å². The molecule has 1 aliphatic rings. The van der Waals surface area contributed by atoms with E-state index in [4.69, 9.17) is 11.6 Å². The van der Waals surface area contributed by atoms with E-state index in [1.807, 2.05) is 0 Å². The van der Waals surface area contributed by atoms with Gasteiger partial charge in [-0.1, -0.05) is 23.4 Å². The molecule has 1 unspecified atom stereocenters. The van der Waals surface area contributed by atoms with Gasteiger partial charge in [-0.15, -0.1) is 0 Å². The summed E-state index contributed by atoms with van der Waals surface area (Å²) in [5.41, 5.74) is 0.449. The second kappa shape index (κ2) is 6.62. The summed E-state index contributed by atoms with van der Waals surface area (Å²) < 4.78 is 0. The van der Waals surface area contributed by atoms with Gasteiger partial charge >= 0.3 is 5.97 Å². The number of carboxylic acid groups (broad SMARTS) is 1. The van der Waals surface area contributed by atoms with Crippen LogP contribution in [0, 0.1) is 0 Å². The van der Waals surface area contributed by atoms with Crippen LogP contribution in [0.4, 0.5) is 5.69 Å². The van der Waals surface area contributed by atoms with Crippen LogP contribution in [-0.4, -0.2) is 33.1 Å². The Morgan fingerprint density at radius 1 is 1.25 bits per heavy atom. The highest BCUT2D eigenvalue weighted by atomic mass is 35.5. The van der Waals surface area contributed by atoms with Crippen molar-refractivity contribution in [1.29, 1.82) is 0 Å². The Hall–Kier alpha value is -2.38. The normalized spacial score (nSPS) is 17.4. The zero-order chi connectivity index (χ0) is 17.3. The second-order valence-electron chi connectivity index (χ2n) is 5.02. The van der Waals surface area contributed by atoms with Gasteiger partial charge in [0.05, 0.1) is 16.5 Å². The summed E-state index contributed by atoms with van der Waals surface area (Å²) >= 11 is 6.81. The molecule has 3 rings (SSSR count). The highest BCUT2D eigenvalue weighted by Gasteiger charge is 2.40. The first kappa shape index (κ1) is 16.5. The molecule has 1 saturated heterocycles. The van der Waals surface area contributed by atoms with Crippen molar-refractivity contribution in [3.63, 3.8) is 0 Å². The molecule has 1 aromatic heterocycles. The lowest BCUT2D eigenvalue weighted by atomic mass is 10.3. The van der Waals surface area contributed by atoms with Crippen molar-refractivity contribution < 1.29 is 19.5 Å². The molecule has 6 nitrogen and oxygen atoms in total. The molecule has 1 N–H and O–H groups in total. The summed E-state index contributed by atoms with van der Waals surface area (Å²) in [5, 5.41) is 9.20. The maximum Gasteiger partial charge on any atom is 0.338 e. The summed E-state index contributed by atoms with van der Waals surface area (Å²) in [5.74, 6) is -1.86. The average Bonchev–Trinajstić information content (AvgIpc) is 2.83. The molecule has 1 aromatic carbocycles. The van der Waals surface area contributed by atoms with E-state index in [9.17, 15) is 19.5 Å². The predicted octanol–water partition coefficient (Wildman–Crippen LogP) is 2.86. The summed E-state index contributed by atoms with van der Waals surface area (Å²) in [6.07, 6.45) is 1.44. The van der Waals surface area contributed by atoms with Crippen molar-refractivity contribution in [3.05, 3.63) is 53.2 Å². The Kier molecular flexibility index (Phi) is 4.55. The lowest BCUT2D eigenvalue weighted by molar-refractivity contribution is -0.121. The molecule has 2 heterocycles. The van der Waals surface area contributed by atoms with Crippen LogP contribution >= 0.6 is 23.4 Å². The fourth-order valence-corrected chi connectivity index (χ4v) is 3.57. The zero-order valence-corrected chi connectivity index (χ0v) is 13.8. The lowest BCUT2D eigenvalue weighted by Gasteiger charge is -2.15. The van der Waals surface area contributed by atoms with Crippen molar-refractivity contribution in [3.8, 4) is 0 Å². The number of carboxylic acids is 1. The highest BCUT2D eigenvalue weighted by Crippen LogP contribution is 2.34. The minimum absolute atomic E-state index is 0.00712. The largest absolute Gasteiger partial charge is 0.478 e. The number of benzene rings is 1. The molecular weight excluding hydrogens is 352 g/mol. The molecule has 0 aliphatic carbocycles. The highest BCUT2D eigenvalue weighted by molar-refractivity contribution is 8.00. The number of hydrogen-bond donors (Lipinski definition) is 1. The smallest absolute Gasteiger partial charge is 0.338 e. The molecule has 1 atom stereocenters. The van der Waals surface area contributed by atoms with E-state index in [-0.39, 0.29) is 22.9 Å². The quantitative estimate of drug-likeness (QED) is 0.841. The molecular formula is C16H11ClN2O4S. The van der Waals surface area contributed by atoms with Crippen molar-refractivity contribution in [2.75, 3.05) is 4.90 Å². The zero-order valence-electron chi connectivity index (χ0n) is 12.2. The summed E-state index contributed by atoms with van der Waals surface area (Å²) in [7, 11) is 0. The van der Waals surface area contributed by atoms with Gasteiger partial charge in [-0.05, 0) is 36.4 Å². The first-order valence-corrected chi connectivity index (χ1v) is 8.20. The molecule has 1 aliphatic heterocycles. The summed E-state index contributed by atoms with van der Waals surface area (Å²) in [6.45, 7) is 0. The third-order valence-electron chi connectivity index (χ3n) is 3.45. The van der Waals surface area contributed by atoms with Gasteiger partial charge in [0.2, 0.25) is 11.8 Å². The molecule has 2 aromatic rings. The van der Waals surface area contributed by atoms with Crippen LogP contribution < -0.4 is 4.90 Å². The molecule has 122 valence electrons. The van der Waals surface area contributed by atoms with Crippen LogP contribution in [0.15, 0.2) is 47.6 Å². The number of halogens is 1. The number of nitrogens with zero attached hydrogens (tertiary/aromatic N) is 2. The molecule has 0 radical (unpaired) electrons. The van der Waals surface area contributed by atoms with Gasteiger partial charge in [-0.3, -0.25) is 9.59 Å². The van der Waals surface area contributed by atoms with Gasteiger partial charge in [-0.25, -0.2) is 14.7 Å². The number of aromatic nitrogens is 1. The molecule has 8 heteroatoms. The van der Waals surface area contributed by atoms with E-state index in [1.165, 1.54) is 18.3 Å². The number of pyridine rings is 1. The molecule has 0 spiro atoms. The van der Waals surface area contributed by atoms with Crippen molar-refractivity contribution >= 4 is 46.8 Å². The number of thioether (sulfide) groups is 1. The van der Waals surface area contributed by atoms with Crippen LogP contribution in [0.1, 0.15) is 16.8 Å². The van der Waals surface area contributed by atoms with Crippen LogP contribution in [-0.2, 0) is 9.59 Å². The number of hydrogen-bond acceptors (Lipinski definition) is 5. The Labute approximate surface area is 146 Å². The molecule has 0 saturated carbocycles. The SMILES string of the molecule is O=C(O)c1cccnc1SC1CC(=O)N(c2ccc(Cl)cc2)C1=O. The van der Waals surface area contributed by atoms with Crippen molar-refractivity contribution in [2.45, 2.75) is 16.7 Å². The van der Waals surface area contributed by atoms with E-state index in [0.29, 0.717) is 10.7 Å². The number of carbonyl (C=O) groups is 3. The minimum atomic E-state index is -1.13. The number of rotatable bonds is 4. The predicted molar refractivity (Wildman–Crippen MR) is 89.4 cm³/mol. The molecule has 0 bridgehead atoms. The van der Waals surface area contributed by atoms with Crippen LogP contribution in [0.5, 0.6) is 0 Å². The van der Waals surface area contributed by atoms with E-state index >= 15 is 0 Å². The molecule has 1 fully saturated rings. The summed E-state index contributed by atoms with van der Waals surface area (Å²) in [6, 6.07) is 9.30. The van der Waals surface area contributed by atoms with E-state index in [1.54, 1.807) is 24.3 Å². The van der Waals surface area contributed by atoms with Crippen LogP contribution in [0.25, 0.3) is 0 Å². The fourth-order valence-electron chi connectivity index (χ4n) is 2.34. The maximum atomic E-state index is 12.6. The van der Waals surface area contributed by atoms with Gasteiger partial charge in [-0.2, -0.15) is 0 Å². The second-order valence-corrected chi connectivity index (χ2v) is 6.64. The molecule has 2 amide bonds. The third-order valence-corrected chi connectivity index (χ3v) is 4.90. The maximum absolute atomic E-state index is 12.6. The van der Waals surface area contributed by atoms with Crippen LogP contribution in [0.2, 0.25) is 5.02 Å². The standard InChI is InChI=1S/C16H11ClN2O4S/c17-9-3-5-10(6-4-9)19-13(20)8-12(15(19)21)24-14-11(16(22)23)2-1-7-18-14/h1-7,12H,8H2,(H,22,23). The number of imide groups is 1. The van der Waals surface area contributed by atoms with E-state index < -0.39 is 17.1 Å². The Morgan fingerprint density at radius 2 is 1.96 bits per heavy atom. The number of aromatic carboxylic acids is 1. The van der Waals surface area contributed by atoms with Crippen LogP contribution in [0.3, 0.4) is 0 Å². The topological polar surface area (TPSA) is 87.6 Å². The third kappa shape index (κ3) is 3.13. The Bertz CT molecular complexity index is 825. The lowest BCUT2D eigenvalue weighted by Crippen LogP contribution is -2.31. The first-order valence-electron chi connectivity index (χ1n) is 6.94. The minimum Gasteiger partial charge on any atom is -0.478 e. The van der Waals surface area contributed by atoms with Gasteiger partial charge in [0.25, 0.3) is 0 Å². The molecule has 24 heavy (non-hydrogen) atoms. The number of amides is 2. The number of anilines is 1. The first-order chi connectivity index (χ1) is 11.5. The monoisotopic (exact) mass is 362 g/mol. The fraction of sp³-hybridized carbons (Fsp3) is 0.125. The van der Waals surface area contributed by atoms with Crippen molar-refractivity contribution in [1.82, 2.24) is 4.98 Å². The van der Waals surface area contributed by atoms with Gasteiger partial charge in [0, 0.05) is 17.6 Å². The van der Waals surface area contributed by atoms with Gasteiger partial charge < -0.3 is 5.11 Å². The van der Waals surface area contributed by atoms with Gasteiger partial charge in [0.15, 0.2) is 0 Å². The van der Waals surface area contributed by atoms with E-state index in [0.717, 1.165) is 16.7 Å².